The summed E-state index contributed by atoms with van der Waals surface area (Å²) in [4.78, 5) is 67.6. The monoisotopic (exact) mass is 756 g/mol. The first-order chi connectivity index (χ1) is 26.4. The van der Waals surface area contributed by atoms with E-state index in [9.17, 15) is 29.1 Å². The van der Waals surface area contributed by atoms with E-state index in [2.05, 4.69) is 5.32 Å². The largest absolute Gasteiger partial charge is 0.462 e. The molecule has 2 aromatic rings. The molecule has 0 bridgehead atoms. The van der Waals surface area contributed by atoms with Crippen molar-refractivity contribution in [3.05, 3.63) is 89.0 Å². The molecule has 5 atom stereocenters. The first kappa shape index (κ1) is 38.4. The Bertz CT molecular complexity index is 1850. The van der Waals surface area contributed by atoms with Crippen molar-refractivity contribution in [1.82, 2.24) is 10.2 Å². The van der Waals surface area contributed by atoms with Crippen LogP contribution in [0, 0.1) is 17.3 Å². The van der Waals surface area contributed by atoms with Gasteiger partial charge in [-0.05, 0) is 61.1 Å². The highest BCUT2D eigenvalue weighted by Crippen LogP contribution is 2.59. The van der Waals surface area contributed by atoms with Gasteiger partial charge in [-0.1, -0.05) is 56.3 Å². The number of nitrogens with zero attached hydrogens (tertiary/aromatic N) is 1. The van der Waals surface area contributed by atoms with Crippen molar-refractivity contribution < 1.29 is 52.8 Å². The average Bonchev–Trinajstić information content (AvgIpc) is 4.13. The minimum absolute atomic E-state index is 0.0343. The van der Waals surface area contributed by atoms with Gasteiger partial charge < -0.3 is 39.0 Å². The van der Waals surface area contributed by atoms with E-state index in [1.165, 1.54) is 17.1 Å². The number of benzene rings is 2. The molecule has 2 aliphatic heterocycles. The van der Waals surface area contributed by atoms with Crippen molar-refractivity contribution >= 4 is 35.8 Å². The van der Waals surface area contributed by atoms with Crippen molar-refractivity contribution in [3.8, 4) is 0 Å². The van der Waals surface area contributed by atoms with Crippen LogP contribution in [0.3, 0.4) is 0 Å². The van der Waals surface area contributed by atoms with Gasteiger partial charge in [0.25, 0.3) is 0 Å². The summed E-state index contributed by atoms with van der Waals surface area (Å²) in [6, 6.07) is 15.0. The number of esters is 3. The van der Waals surface area contributed by atoms with Crippen LogP contribution in [0.5, 0.6) is 0 Å². The molecule has 2 saturated carbocycles. The van der Waals surface area contributed by atoms with Crippen LogP contribution in [-0.2, 0) is 49.3 Å². The maximum atomic E-state index is 14.3. The van der Waals surface area contributed by atoms with E-state index in [0.29, 0.717) is 11.1 Å². The zero-order chi connectivity index (χ0) is 38.9. The normalized spacial score (nSPS) is 25.7. The Morgan fingerprint density at radius 2 is 1.73 bits per heavy atom. The summed E-state index contributed by atoms with van der Waals surface area (Å²) in [6.07, 6.45) is 5.40. The van der Waals surface area contributed by atoms with E-state index in [0.717, 1.165) is 31.2 Å². The van der Waals surface area contributed by atoms with Gasteiger partial charge in [0.1, 0.15) is 31.0 Å². The van der Waals surface area contributed by atoms with E-state index in [1.54, 1.807) is 51.2 Å². The third-order valence-electron chi connectivity index (χ3n) is 11.0. The van der Waals surface area contributed by atoms with Gasteiger partial charge in [0.2, 0.25) is 17.9 Å². The summed E-state index contributed by atoms with van der Waals surface area (Å²) in [7, 11) is 1.57. The molecule has 13 heteroatoms. The minimum atomic E-state index is -1.02. The van der Waals surface area contributed by atoms with Crippen molar-refractivity contribution in [1.29, 1.82) is 0 Å². The molecular weight excluding hydrogens is 708 g/mol. The summed E-state index contributed by atoms with van der Waals surface area (Å²) in [5.74, 6) is -3.13. The van der Waals surface area contributed by atoms with E-state index in [4.69, 9.17) is 23.7 Å². The highest BCUT2D eigenvalue weighted by Gasteiger charge is 2.64. The number of amides is 2. The van der Waals surface area contributed by atoms with Gasteiger partial charge in [0.05, 0.1) is 12.2 Å². The molecule has 2 amide bonds. The van der Waals surface area contributed by atoms with Gasteiger partial charge in [-0.3, -0.25) is 9.59 Å². The Balaban J connectivity index is 1.10. The van der Waals surface area contributed by atoms with Gasteiger partial charge in [-0.15, -0.1) is 0 Å². The van der Waals surface area contributed by atoms with Gasteiger partial charge in [-0.25, -0.2) is 14.4 Å². The number of nitrogens with one attached hydrogen (secondary N) is 1. The van der Waals surface area contributed by atoms with Crippen molar-refractivity contribution in [2.45, 2.75) is 88.6 Å². The SMILES string of the molecule is CN(C(=O)C1=CC2OC(C3CC3)(C3CC3)OC2C(OC(=O)c2cccc(C=CC(=O)OC3C(=O)OCC3(C)C)c2)C1)C(Cc1ccccc1)C(=O)NCCO. The van der Waals surface area contributed by atoms with Gasteiger partial charge in [0, 0.05) is 55.3 Å². The molecule has 5 aliphatic rings. The molecular formula is C42H48N2O11. The third-order valence-corrected chi connectivity index (χ3v) is 11.0. The quantitative estimate of drug-likeness (QED) is 0.165. The van der Waals surface area contributed by atoms with E-state index in [1.807, 2.05) is 30.3 Å². The number of hydrogen-bond acceptors (Lipinski definition) is 11. The lowest BCUT2D eigenvalue weighted by atomic mass is 9.90. The highest BCUT2D eigenvalue weighted by atomic mass is 16.8. The number of aliphatic hydroxyl groups excluding tert-OH is 1. The van der Waals surface area contributed by atoms with Crippen LogP contribution in [0.1, 0.15) is 67.4 Å². The predicted octanol–water partition coefficient (Wildman–Crippen LogP) is 3.53. The van der Waals surface area contributed by atoms with E-state index < -0.39 is 71.4 Å². The molecule has 5 unspecified atom stereocenters. The van der Waals surface area contributed by atoms with Crippen molar-refractivity contribution in [2.24, 2.45) is 17.3 Å². The highest BCUT2D eigenvalue weighted by molar-refractivity contribution is 5.97. The molecule has 2 heterocycles. The summed E-state index contributed by atoms with van der Waals surface area (Å²) in [5.41, 5.74) is 1.28. The summed E-state index contributed by atoms with van der Waals surface area (Å²) in [5, 5.41) is 12.1. The smallest absolute Gasteiger partial charge is 0.348 e. The van der Waals surface area contributed by atoms with Crippen LogP contribution in [0.2, 0.25) is 0 Å². The number of carbonyl (C=O) groups excluding carboxylic acids is 5. The first-order valence-corrected chi connectivity index (χ1v) is 19.0. The number of carbonyl (C=O) groups is 5. The van der Waals surface area contributed by atoms with Crippen LogP contribution in [0.15, 0.2) is 72.3 Å². The van der Waals surface area contributed by atoms with E-state index >= 15 is 0 Å². The average molecular weight is 757 g/mol. The molecule has 13 nitrogen and oxygen atoms in total. The lowest BCUT2D eigenvalue weighted by Gasteiger charge is -2.33. The van der Waals surface area contributed by atoms with Crippen LogP contribution in [0.4, 0.5) is 0 Å². The maximum absolute atomic E-state index is 14.3. The Hall–Kier alpha value is -4.85. The maximum Gasteiger partial charge on any atom is 0.348 e. The standard InChI is InChI=1S/C42H48N2O11/c1-41(2)24-51-40(50)36(41)53-34(46)17-12-26-10-7-11-27(20-26)39(49)52-32-22-28(23-33-35(32)55-42(54-33,29-13-14-29)30-15-16-30)38(48)44(3)31(37(47)43-18-19-45)21-25-8-5-4-6-9-25/h4-12,17,20,23,29-33,35-36,45H,13-16,18-19,21-22,24H2,1-3H3,(H,43,47). The van der Waals surface area contributed by atoms with Crippen LogP contribution < -0.4 is 5.32 Å². The summed E-state index contributed by atoms with van der Waals surface area (Å²) >= 11 is 0. The molecule has 0 spiro atoms. The molecule has 0 aromatic heterocycles. The number of likely N-dealkylation sites (N-methyl/N-ethyl adjacent to an activating group) is 1. The second-order valence-electron chi connectivity index (χ2n) is 15.8. The molecule has 7 rings (SSSR count). The lowest BCUT2D eigenvalue weighted by Crippen LogP contribution is -2.51. The fourth-order valence-electron chi connectivity index (χ4n) is 7.70. The minimum Gasteiger partial charge on any atom is -0.462 e. The number of fused-ring (bicyclic) bond motifs is 1. The third kappa shape index (κ3) is 8.39. The van der Waals surface area contributed by atoms with Gasteiger partial charge in [0.15, 0.2) is 5.79 Å². The predicted molar refractivity (Wildman–Crippen MR) is 197 cm³/mol. The molecule has 55 heavy (non-hydrogen) atoms. The number of cyclic esters (lactones) is 1. The number of ether oxygens (including phenoxy) is 5. The number of aliphatic hydroxyl groups is 1. The number of rotatable bonds is 14. The Morgan fingerprint density at radius 1 is 1.00 bits per heavy atom. The van der Waals surface area contributed by atoms with Crippen LogP contribution in [0.25, 0.3) is 6.08 Å². The molecule has 2 saturated heterocycles. The second-order valence-corrected chi connectivity index (χ2v) is 15.8. The van der Waals surface area contributed by atoms with Crippen LogP contribution >= 0.6 is 0 Å². The van der Waals surface area contributed by atoms with Gasteiger partial charge >= 0.3 is 17.9 Å². The molecule has 0 radical (unpaired) electrons. The lowest BCUT2D eigenvalue weighted by molar-refractivity contribution is -0.209. The van der Waals surface area contributed by atoms with Crippen LogP contribution in [-0.4, -0.2) is 103 Å². The topological polar surface area (TPSA) is 167 Å². The van der Waals surface area contributed by atoms with Crippen molar-refractivity contribution in [3.63, 3.8) is 0 Å². The molecule has 3 aliphatic carbocycles. The molecule has 292 valence electrons. The molecule has 2 N–H and O–H groups in total. The Morgan fingerprint density at radius 3 is 2.38 bits per heavy atom. The van der Waals surface area contributed by atoms with E-state index in [-0.39, 0.29) is 50.0 Å². The van der Waals surface area contributed by atoms with Crippen molar-refractivity contribution in [2.75, 3.05) is 26.8 Å². The Labute approximate surface area is 320 Å². The first-order valence-electron chi connectivity index (χ1n) is 19.0. The zero-order valence-electron chi connectivity index (χ0n) is 31.3. The molecule has 2 aromatic carbocycles. The van der Waals surface area contributed by atoms with Gasteiger partial charge in [-0.2, -0.15) is 0 Å². The summed E-state index contributed by atoms with van der Waals surface area (Å²) < 4.78 is 30.1. The molecule has 4 fully saturated rings. The Kier molecular flexibility index (Phi) is 11.0. The fraction of sp³-hybridized carbons (Fsp3) is 0.500. The number of hydrogen-bond donors (Lipinski definition) is 2. The fourth-order valence-corrected chi connectivity index (χ4v) is 7.70. The summed E-state index contributed by atoms with van der Waals surface area (Å²) in [6.45, 7) is 3.51. The zero-order valence-corrected chi connectivity index (χ0v) is 31.3. The second kappa shape index (κ2) is 15.7.